The van der Waals surface area contributed by atoms with Crippen LogP contribution < -0.4 is 10.6 Å². The quantitative estimate of drug-likeness (QED) is 0.924. The van der Waals surface area contributed by atoms with Crippen molar-refractivity contribution < 1.29 is 0 Å². The minimum atomic E-state index is 0.181. The lowest BCUT2D eigenvalue weighted by Gasteiger charge is -2.26. The molecule has 1 fully saturated rings. The lowest BCUT2D eigenvalue weighted by molar-refractivity contribution is 0.325. The van der Waals surface area contributed by atoms with Crippen LogP contribution in [0.2, 0.25) is 0 Å². The Balaban J connectivity index is 2.27. The maximum atomic E-state index is 6.02. The molecule has 0 aliphatic carbocycles. The number of hydrogen-bond acceptors (Lipinski definition) is 3. The first-order valence-corrected chi connectivity index (χ1v) is 7.83. The van der Waals surface area contributed by atoms with Crippen LogP contribution in [0.1, 0.15) is 51.3 Å². The van der Waals surface area contributed by atoms with Crippen LogP contribution in [0.25, 0.3) is 0 Å². The first-order valence-electron chi connectivity index (χ1n) is 7.83. The molecule has 2 N–H and O–H groups in total. The monoisotopic (exact) mass is 278 g/mol. The van der Waals surface area contributed by atoms with Crippen LogP contribution in [-0.2, 0) is 13.5 Å². The Morgan fingerprint density at radius 1 is 1.30 bits per heavy atom. The van der Waals surface area contributed by atoms with E-state index in [-0.39, 0.29) is 6.04 Å². The van der Waals surface area contributed by atoms with Crippen LogP contribution in [-0.4, -0.2) is 28.9 Å². The van der Waals surface area contributed by atoms with Gasteiger partial charge < -0.3 is 10.6 Å². The Morgan fingerprint density at radius 2 is 2.00 bits per heavy atom. The summed E-state index contributed by atoms with van der Waals surface area (Å²) in [5.41, 5.74) is 8.94. The van der Waals surface area contributed by atoms with Gasteiger partial charge in [-0.25, -0.2) is 0 Å². The van der Waals surface area contributed by atoms with Crippen molar-refractivity contribution in [1.29, 1.82) is 0 Å². The molecule has 0 bridgehead atoms. The second-order valence-electron chi connectivity index (χ2n) is 7.20. The topological polar surface area (TPSA) is 47.1 Å². The second-order valence-corrected chi connectivity index (χ2v) is 7.20. The Kier molecular flexibility index (Phi) is 4.43. The molecule has 1 saturated heterocycles. The Labute approximate surface area is 123 Å². The molecule has 4 nitrogen and oxygen atoms in total. The highest BCUT2D eigenvalue weighted by atomic mass is 15.4. The van der Waals surface area contributed by atoms with Crippen molar-refractivity contribution >= 4 is 5.82 Å². The van der Waals surface area contributed by atoms with Crippen molar-refractivity contribution in [1.82, 2.24) is 9.78 Å². The number of rotatable bonds is 3. The first-order chi connectivity index (χ1) is 9.30. The summed E-state index contributed by atoms with van der Waals surface area (Å²) in [6, 6.07) is 0.181. The molecule has 0 radical (unpaired) electrons. The number of aryl methyl sites for hydroxylation is 2. The van der Waals surface area contributed by atoms with E-state index in [1.54, 1.807) is 0 Å². The standard InChI is InChI=1S/C16H30N4/c1-12(17)11-14-13(2)18-19(5)15(14)20-9-6-7-16(3,4)8-10-20/h12H,6-11,17H2,1-5H3. The summed E-state index contributed by atoms with van der Waals surface area (Å²) in [6.45, 7) is 11.2. The lowest BCUT2D eigenvalue weighted by atomic mass is 9.85. The summed E-state index contributed by atoms with van der Waals surface area (Å²) in [4.78, 5) is 2.52. The Bertz CT molecular complexity index is 459. The van der Waals surface area contributed by atoms with E-state index >= 15 is 0 Å². The SMILES string of the molecule is Cc1nn(C)c(N2CCCC(C)(C)CC2)c1CC(C)N. The fourth-order valence-electron chi connectivity index (χ4n) is 3.28. The maximum Gasteiger partial charge on any atom is 0.130 e. The third-order valence-corrected chi connectivity index (χ3v) is 4.48. The summed E-state index contributed by atoms with van der Waals surface area (Å²) in [5.74, 6) is 1.29. The number of nitrogens with two attached hydrogens (primary N) is 1. The van der Waals surface area contributed by atoms with Gasteiger partial charge >= 0.3 is 0 Å². The van der Waals surface area contributed by atoms with E-state index in [9.17, 15) is 0 Å². The summed E-state index contributed by atoms with van der Waals surface area (Å²) in [6.07, 6.45) is 4.72. The highest BCUT2D eigenvalue weighted by molar-refractivity contribution is 5.50. The smallest absolute Gasteiger partial charge is 0.130 e. The van der Waals surface area contributed by atoms with Gasteiger partial charge in [0, 0.05) is 31.7 Å². The molecule has 1 aliphatic rings. The molecule has 1 aromatic rings. The van der Waals surface area contributed by atoms with E-state index < -0.39 is 0 Å². The molecule has 1 aliphatic heterocycles. The van der Waals surface area contributed by atoms with E-state index in [1.807, 2.05) is 4.68 Å². The van der Waals surface area contributed by atoms with Crippen LogP contribution in [0.3, 0.4) is 0 Å². The molecule has 114 valence electrons. The zero-order chi connectivity index (χ0) is 14.9. The van der Waals surface area contributed by atoms with Gasteiger partial charge in [0.15, 0.2) is 0 Å². The molecular formula is C16H30N4. The molecule has 0 saturated carbocycles. The third-order valence-electron chi connectivity index (χ3n) is 4.48. The van der Waals surface area contributed by atoms with Crippen LogP contribution in [0.15, 0.2) is 0 Å². The van der Waals surface area contributed by atoms with Crippen LogP contribution in [0, 0.1) is 12.3 Å². The predicted molar refractivity (Wildman–Crippen MR) is 85.1 cm³/mol. The van der Waals surface area contributed by atoms with Gasteiger partial charge in [-0.1, -0.05) is 13.8 Å². The number of aromatic nitrogens is 2. The molecule has 2 rings (SSSR count). The van der Waals surface area contributed by atoms with E-state index in [4.69, 9.17) is 5.73 Å². The van der Waals surface area contributed by atoms with E-state index in [1.165, 1.54) is 30.6 Å². The lowest BCUT2D eigenvalue weighted by Crippen LogP contribution is -2.29. The van der Waals surface area contributed by atoms with Crippen molar-refractivity contribution in [3.63, 3.8) is 0 Å². The molecule has 0 aromatic carbocycles. The van der Waals surface area contributed by atoms with E-state index in [0.717, 1.165) is 25.2 Å². The molecule has 2 heterocycles. The summed E-state index contributed by atoms with van der Waals surface area (Å²) in [7, 11) is 2.06. The fourth-order valence-corrected chi connectivity index (χ4v) is 3.28. The van der Waals surface area contributed by atoms with E-state index in [2.05, 4.69) is 44.7 Å². The number of anilines is 1. The van der Waals surface area contributed by atoms with Gasteiger partial charge in [0.05, 0.1) is 5.69 Å². The van der Waals surface area contributed by atoms with Crippen molar-refractivity contribution in [3.05, 3.63) is 11.3 Å². The molecule has 20 heavy (non-hydrogen) atoms. The van der Waals surface area contributed by atoms with Gasteiger partial charge in [-0.3, -0.25) is 4.68 Å². The minimum Gasteiger partial charge on any atom is -0.357 e. The summed E-state index contributed by atoms with van der Waals surface area (Å²) >= 11 is 0. The van der Waals surface area contributed by atoms with Crippen LogP contribution in [0.5, 0.6) is 0 Å². The van der Waals surface area contributed by atoms with Gasteiger partial charge in [0.2, 0.25) is 0 Å². The highest BCUT2D eigenvalue weighted by Crippen LogP contribution is 2.33. The molecule has 1 aromatic heterocycles. The minimum absolute atomic E-state index is 0.181. The Hall–Kier alpha value is -1.03. The van der Waals surface area contributed by atoms with Gasteiger partial charge in [0.1, 0.15) is 5.82 Å². The first kappa shape index (κ1) is 15.4. The highest BCUT2D eigenvalue weighted by Gasteiger charge is 2.26. The second kappa shape index (κ2) is 5.76. The number of hydrogen-bond donors (Lipinski definition) is 1. The Morgan fingerprint density at radius 3 is 2.65 bits per heavy atom. The molecule has 1 atom stereocenters. The van der Waals surface area contributed by atoms with Gasteiger partial charge in [-0.05, 0) is 44.9 Å². The zero-order valence-corrected chi connectivity index (χ0v) is 13.7. The third kappa shape index (κ3) is 3.35. The molecule has 0 spiro atoms. The van der Waals surface area contributed by atoms with E-state index in [0.29, 0.717) is 5.41 Å². The predicted octanol–water partition coefficient (Wildman–Crippen LogP) is 2.63. The van der Waals surface area contributed by atoms with Gasteiger partial charge in [0.25, 0.3) is 0 Å². The molecule has 1 unspecified atom stereocenters. The molecule has 4 heteroatoms. The van der Waals surface area contributed by atoms with Gasteiger partial charge in [-0.15, -0.1) is 0 Å². The summed E-state index contributed by atoms with van der Waals surface area (Å²) < 4.78 is 2.05. The van der Waals surface area contributed by atoms with Crippen LogP contribution in [0.4, 0.5) is 5.82 Å². The molecule has 0 amide bonds. The van der Waals surface area contributed by atoms with Crippen molar-refractivity contribution in [2.24, 2.45) is 18.2 Å². The number of nitrogens with zero attached hydrogens (tertiary/aromatic N) is 3. The van der Waals surface area contributed by atoms with Crippen molar-refractivity contribution in [2.75, 3.05) is 18.0 Å². The average molecular weight is 278 g/mol. The summed E-state index contributed by atoms with van der Waals surface area (Å²) in [5, 5.41) is 4.63. The average Bonchev–Trinajstić information content (AvgIpc) is 2.48. The largest absolute Gasteiger partial charge is 0.357 e. The fraction of sp³-hybridized carbons (Fsp3) is 0.812. The van der Waals surface area contributed by atoms with Crippen molar-refractivity contribution in [2.45, 2.75) is 59.4 Å². The molecular weight excluding hydrogens is 248 g/mol. The zero-order valence-electron chi connectivity index (χ0n) is 13.7. The van der Waals surface area contributed by atoms with Crippen molar-refractivity contribution in [3.8, 4) is 0 Å². The van der Waals surface area contributed by atoms with Crippen LogP contribution >= 0.6 is 0 Å². The van der Waals surface area contributed by atoms with Gasteiger partial charge in [-0.2, -0.15) is 5.10 Å². The maximum absolute atomic E-state index is 6.02. The normalized spacial score (nSPS) is 20.8.